The number of thiocarbonyl (C=S) groups is 1. The van der Waals surface area contributed by atoms with Crippen LogP contribution in [0.1, 0.15) is 18.4 Å². The summed E-state index contributed by atoms with van der Waals surface area (Å²) in [6.07, 6.45) is 4.58. The molecule has 1 aliphatic rings. The molecule has 1 heterocycles. The van der Waals surface area contributed by atoms with Crippen molar-refractivity contribution in [2.24, 2.45) is 0 Å². The molecular formula is C20H20FN3O3S2. The molecule has 1 amide bonds. The highest BCUT2D eigenvalue weighted by molar-refractivity contribution is 7.89. The van der Waals surface area contributed by atoms with E-state index in [-0.39, 0.29) is 15.8 Å². The minimum atomic E-state index is -3.47. The highest BCUT2D eigenvalue weighted by Crippen LogP contribution is 2.22. The van der Waals surface area contributed by atoms with Gasteiger partial charge < -0.3 is 5.32 Å². The second-order valence-corrected chi connectivity index (χ2v) is 8.81. The molecule has 0 saturated carbocycles. The summed E-state index contributed by atoms with van der Waals surface area (Å²) in [5, 5.41) is 5.41. The molecular weight excluding hydrogens is 413 g/mol. The van der Waals surface area contributed by atoms with Crippen LogP contribution in [-0.4, -0.2) is 36.8 Å². The van der Waals surface area contributed by atoms with Crippen molar-refractivity contribution in [3.63, 3.8) is 0 Å². The fourth-order valence-electron chi connectivity index (χ4n) is 2.85. The largest absolute Gasteiger partial charge is 0.332 e. The van der Waals surface area contributed by atoms with E-state index in [0.29, 0.717) is 24.3 Å². The van der Waals surface area contributed by atoms with E-state index in [1.807, 2.05) is 0 Å². The van der Waals surface area contributed by atoms with Gasteiger partial charge in [-0.25, -0.2) is 12.8 Å². The molecule has 1 fully saturated rings. The Bertz CT molecular complexity index is 1010. The number of nitrogens with zero attached hydrogens (tertiary/aromatic N) is 1. The number of anilines is 1. The Morgan fingerprint density at radius 3 is 2.28 bits per heavy atom. The Kier molecular flexibility index (Phi) is 6.73. The molecule has 2 aromatic rings. The van der Waals surface area contributed by atoms with Crippen LogP contribution in [0.15, 0.2) is 59.5 Å². The van der Waals surface area contributed by atoms with Crippen LogP contribution in [0, 0.1) is 5.82 Å². The van der Waals surface area contributed by atoms with Crippen molar-refractivity contribution in [3.8, 4) is 0 Å². The standard InChI is InChI=1S/C20H20FN3O3S2/c21-16-6-3-15(4-7-16)5-12-19(25)23-20(28)22-17-8-10-18(11-9-17)29(26,27)24-13-1-2-14-24/h3-12H,1-2,13-14H2,(H2,22,23,25,28). The van der Waals surface area contributed by atoms with Gasteiger partial charge in [-0.1, -0.05) is 12.1 Å². The molecule has 1 saturated heterocycles. The third-order valence-electron chi connectivity index (χ3n) is 4.35. The molecule has 0 bridgehead atoms. The zero-order valence-electron chi connectivity index (χ0n) is 15.5. The van der Waals surface area contributed by atoms with Gasteiger partial charge in [0, 0.05) is 24.9 Å². The molecule has 0 aromatic heterocycles. The minimum absolute atomic E-state index is 0.0777. The van der Waals surface area contributed by atoms with E-state index in [9.17, 15) is 17.6 Å². The molecule has 9 heteroatoms. The van der Waals surface area contributed by atoms with Gasteiger partial charge >= 0.3 is 0 Å². The number of nitrogens with one attached hydrogen (secondary N) is 2. The number of hydrogen-bond acceptors (Lipinski definition) is 4. The molecule has 0 aliphatic carbocycles. The summed E-state index contributed by atoms with van der Waals surface area (Å²) in [5.74, 6) is -0.795. The number of halogens is 1. The van der Waals surface area contributed by atoms with Gasteiger partial charge in [0.15, 0.2) is 5.11 Å². The normalized spacial score (nSPS) is 14.8. The second-order valence-electron chi connectivity index (χ2n) is 6.46. The quantitative estimate of drug-likeness (QED) is 0.560. The summed E-state index contributed by atoms with van der Waals surface area (Å²) in [6.45, 7) is 1.09. The van der Waals surface area contributed by atoms with Gasteiger partial charge in [-0.05, 0) is 73.1 Å². The van der Waals surface area contributed by atoms with E-state index < -0.39 is 15.9 Å². The van der Waals surface area contributed by atoms with Crippen molar-refractivity contribution < 1.29 is 17.6 Å². The van der Waals surface area contributed by atoms with Crippen LogP contribution in [-0.2, 0) is 14.8 Å². The highest BCUT2D eigenvalue weighted by Gasteiger charge is 2.26. The minimum Gasteiger partial charge on any atom is -0.332 e. The molecule has 29 heavy (non-hydrogen) atoms. The van der Waals surface area contributed by atoms with E-state index in [4.69, 9.17) is 12.2 Å². The van der Waals surface area contributed by atoms with Crippen molar-refractivity contribution in [1.29, 1.82) is 0 Å². The Balaban J connectivity index is 1.55. The lowest BCUT2D eigenvalue weighted by atomic mass is 10.2. The van der Waals surface area contributed by atoms with E-state index in [1.165, 1.54) is 40.7 Å². The first-order valence-corrected chi connectivity index (χ1v) is 10.9. The number of benzene rings is 2. The lowest BCUT2D eigenvalue weighted by molar-refractivity contribution is -0.115. The molecule has 1 aliphatic heterocycles. The van der Waals surface area contributed by atoms with Gasteiger partial charge in [0.05, 0.1) is 4.90 Å². The summed E-state index contributed by atoms with van der Waals surface area (Å²) in [5.41, 5.74) is 1.23. The van der Waals surface area contributed by atoms with Crippen LogP contribution in [0.3, 0.4) is 0 Å². The molecule has 0 spiro atoms. The smallest absolute Gasteiger partial charge is 0.250 e. The number of rotatable bonds is 5. The average Bonchev–Trinajstić information content (AvgIpc) is 3.23. The molecule has 0 radical (unpaired) electrons. The lowest BCUT2D eigenvalue weighted by Gasteiger charge is -2.16. The summed E-state index contributed by atoms with van der Waals surface area (Å²) < 4.78 is 39.4. The topological polar surface area (TPSA) is 78.5 Å². The molecule has 0 unspecified atom stereocenters. The monoisotopic (exact) mass is 433 g/mol. The van der Waals surface area contributed by atoms with Crippen LogP contribution in [0.2, 0.25) is 0 Å². The van der Waals surface area contributed by atoms with E-state index in [0.717, 1.165) is 12.8 Å². The maximum Gasteiger partial charge on any atom is 0.250 e. The fraction of sp³-hybridized carbons (Fsp3) is 0.200. The van der Waals surface area contributed by atoms with Crippen molar-refractivity contribution in [2.45, 2.75) is 17.7 Å². The van der Waals surface area contributed by atoms with Gasteiger partial charge in [-0.3, -0.25) is 10.1 Å². The number of carbonyl (C=O) groups excluding carboxylic acids is 1. The number of carbonyl (C=O) groups is 1. The molecule has 2 aromatic carbocycles. The van der Waals surface area contributed by atoms with Gasteiger partial charge in [0.25, 0.3) is 0 Å². The number of amides is 1. The van der Waals surface area contributed by atoms with Crippen molar-refractivity contribution in [2.75, 3.05) is 18.4 Å². The highest BCUT2D eigenvalue weighted by atomic mass is 32.2. The van der Waals surface area contributed by atoms with Crippen LogP contribution in [0.4, 0.5) is 10.1 Å². The SMILES string of the molecule is O=C(C=Cc1ccc(F)cc1)NC(=S)Nc1ccc(S(=O)(=O)N2CCCC2)cc1. The van der Waals surface area contributed by atoms with Gasteiger partial charge in [-0.15, -0.1) is 0 Å². The van der Waals surface area contributed by atoms with Crippen LogP contribution in [0.5, 0.6) is 0 Å². The Morgan fingerprint density at radius 2 is 1.66 bits per heavy atom. The summed E-state index contributed by atoms with van der Waals surface area (Å²) in [6, 6.07) is 11.9. The zero-order chi connectivity index (χ0) is 20.9. The van der Waals surface area contributed by atoms with E-state index in [1.54, 1.807) is 24.3 Å². The van der Waals surface area contributed by atoms with E-state index in [2.05, 4.69) is 10.6 Å². The third kappa shape index (κ3) is 5.69. The Hall–Kier alpha value is -2.62. The first kappa shape index (κ1) is 21.1. The molecule has 152 valence electrons. The first-order valence-electron chi connectivity index (χ1n) is 9.00. The van der Waals surface area contributed by atoms with Crippen LogP contribution in [0.25, 0.3) is 6.08 Å². The maximum absolute atomic E-state index is 12.9. The van der Waals surface area contributed by atoms with Crippen LogP contribution >= 0.6 is 12.2 Å². The Morgan fingerprint density at radius 1 is 1.03 bits per heavy atom. The predicted octanol–water partition coefficient (Wildman–Crippen LogP) is 3.14. The first-order chi connectivity index (χ1) is 13.8. The van der Waals surface area contributed by atoms with Gasteiger partial charge in [0.2, 0.25) is 15.9 Å². The number of sulfonamides is 1. The third-order valence-corrected chi connectivity index (χ3v) is 6.47. The predicted molar refractivity (Wildman–Crippen MR) is 114 cm³/mol. The van der Waals surface area contributed by atoms with Gasteiger partial charge in [-0.2, -0.15) is 4.31 Å². The Labute approximate surface area is 174 Å². The van der Waals surface area contributed by atoms with Crippen molar-refractivity contribution in [3.05, 3.63) is 66.0 Å². The van der Waals surface area contributed by atoms with Crippen LogP contribution < -0.4 is 10.6 Å². The number of hydrogen-bond donors (Lipinski definition) is 2. The molecule has 6 nitrogen and oxygen atoms in total. The van der Waals surface area contributed by atoms with E-state index >= 15 is 0 Å². The zero-order valence-corrected chi connectivity index (χ0v) is 17.1. The molecule has 3 rings (SSSR count). The fourth-order valence-corrected chi connectivity index (χ4v) is 4.59. The average molecular weight is 434 g/mol. The second kappa shape index (κ2) is 9.25. The summed E-state index contributed by atoms with van der Waals surface area (Å²) >= 11 is 5.10. The molecule has 0 atom stereocenters. The lowest BCUT2D eigenvalue weighted by Crippen LogP contribution is -2.32. The van der Waals surface area contributed by atoms with Crippen molar-refractivity contribution >= 4 is 45.0 Å². The van der Waals surface area contributed by atoms with Crippen molar-refractivity contribution in [1.82, 2.24) is 9.62 Å². The summed E-state index contributed by atoms with van der Waals surface area (Å²) in [4.78, 5) is 12.2. The maximum atomic E-state index is 12.9. The van der Waals surface area contributed by atoms with Gasteiger partial charge in [0.1, 0.15) is 5.82 Å². The summed E-state index contributed by atoms with van der Waals surface area (Å²) in [7, 11) is -3.47. The molecule has 2 N–H and O–H groups in total.